The Morgan fingerprint density at radius 3 is 1.60 bits per heavy atom. The molecule has 0 aromatic heterocycles. The van der Waals surface area contributed by atoms with E-state index in [4.69, 9.17) is 9.47 Å². The molecule has 2 nitrogen and oxygen atoms in total. The summed E-state index contributed by atoms with van der Waals surface area (Å²) in [6.45, 7) is 8.94. The second kappa shape index (κ2) is 4.27. The number of rotatable bonds is 3. The molecule has 0 N–H and O–H groups in total. The first-order valence-corrected chi connectivity index (χ1v) is 8.63. The Morgan fingerprint density at radius 2 is 1.33 bits per heavy atom. The Balaban J connectivity index is 3.44. The fraction of sp³-hybridized carbons (Fsp3) is 0.500. The Bertz CT molecular complexity index is 328. The number of aryl methyl sites for hydroxylation is 1. The van der Waals surface area contributed by atoms with Crippen LogP contribution in [0.5, 0.6) is 11.5 Å². The number of benzene rings is 1. The lowest BCUT2D eigenvalue weighted by Gasteiger charge is -2.23. The van der Waals surface area contributed by atoms with Crippen molar-refractivity contribution in [2.75, 3.05) is 14.2 Å². The van der Waals surface area contributed by atoms with Crippen molar-refractivity contribution in [1.29, 1.82) is 0 Å². The molecule has 0 fully saturated rings. The van der Waals surface area contributed by atoms with Crippen molar-refractivity contribution >= 4 is 13.3 Å². The highest BCUT2D eigenvalue weighted by molar-refractivity contribution is 6.90. The van der Waals surface area contributed by atoms with Crippen molar-refractivity contribution in [3.63, 3.8) is 0 Å². The average Bonchev–Trinajstić information content (AvgIpc) is 2.14. The maximum Gasteiger partial charge on any atom is 0.121 e. The monoisotopic (exact) mass is 224 g/mol. The summed E-state index contributed by atoms with van der Waals surface area (Å²) in [5.74, 6) is 1.93. The van der Waals surface area contributed by atoms with E-state index in [-0.39, 0.29) is 0 Å². The molecule has 0 saturated heterocycles. The fourth-order valence-corrected chi connectivity index (χ4v) is 3.61. The molecule has 15 heavy (non-hydrogen) atoms. The first-order chi connectivity index (χ1) is 6.90. The van der Waals surface area contributed by atoms with Crippen LogP contribution < -0.4 is 14.7 Å². The summed E-state index contributed by atoms with van der Waals surface area (Å²) in [4.78, 5) is 0. The topological polar surface area (TPSA) is 18.5 Å². The number of hydrogen-bond acceptors (Lipinski definition) is 2. The molecule has 0 amide bonds. The minimum Gasteiger partial charge on any atom is -0.497 e. The molecule has 0 bridgehead atoms. The Hall–Kier alpha value is -0.963. The van der Waals surface area contributed by atoms with Gasteiger partial charge in [-0.15, -0.1) is 0 Å². The maximum atomic E-state index is 5.45. The Kier molecular flexibility index (Phi) is 3.45. The van der Waals surface area contributed by atoms with Crippen LogP contribution in [0.2, 0.25) is 19.6 Å². The third kappa shape index (κ3) is 2.53. The van der Waals surface area contributed by atoms with Crippen molar-refractivity contribution in [1.82, 2.24) is 0 Å². The van der Waals surface area contributed by atoms with Gasteiger partial charge in [-0.05, 0) is 24.6 Å². The van der Waals surface area contributed by atoms with Gasteiger partial charge in [-0.2, -0.15) is 0 Å². The molecule has 0 atom stereocenters. The highest BCUT2D eigenvalue weighted by Crippen LogP contribution is 2.24. The zero-order valence-electron chi connectivity index (χ0n) is 10.5. The molecule has 1 aromatic rings. The molecule has 0 saturated carbocycles. The fourth-order valence-electron chi connectivity index (χ4n) is 1.78. The van der Waals surface area contributed by atoms with Gasteiger partial charge in [0.1, 0.15) is 11.5 Å². The van der Waals surface area contributed by atoms with E-state index in [9.17, 15) is 0 Å². The molecule has 0 heterocycles. The van der Waals surface area contributed by atoms with E-state index >= 15 is 0 Å². The van der Waals surface area contributed by atoms with E-state index < -0.39 is 8.07 Å². The zero-order chi connectivity index (χ0) is 11.6. The summed E-state index contributed by atoms with van der Waals surface area (Å²) in [5.41, 5.74) is 1.17. The van der Waals surface area contributed by atoms with E-state index in [1.54, 1.807) is 14.2 Å². The largest absolute Gasteiger partial charge is 0.497 e. The van der Waals surface area contributed by atoms with E-state index in [1.807, 2.05) is 0 Å². The molecular formula is C12H20O2Si. The molecule has 0 aliphatic heterocycles. The van der Waals surface area contributed by atoms with Gasteiger partial charge >= 0.3 is 0 Å². The lowest BCUT2D eigenvalue weighted by molar-refractivity contribution is 0.399. The van der Waals surface area contributed by atoms with Crippen LogP contribution in [0.25, 0.3) is 0 Å². The molecule has 0 spiro atoms. The molecule has 0 aliphatic rings. The molecule has 0 radical (unpaired) electrons. The van der Waals surface area contributed by atoms with Crippen molar-refractivity contribution in [2.45, 2.75) is 26.6 Å². The van der Waals surface area contributed by atoms with Crippen LogP contribution in [0.15, 0.2) is 12.1 Å². The predicted octanol–water partition coefficient (Wildman–Crippen LogP) is 2.56. The molecule has 3 heteroatoms. The molecule has 1 aromatic carbocycles. The van der Waals surface area contributed by atoms with E-state index in [0.29, 0.717) is 0 Å². The lowest BCUT2D eigenvalue weighted by atomic mass is 10.2. The van der Waals surface area contributed by atoms with Gasteiger partial charge in [-0.25, -0.2) is 0 Å². The van der Waals surface area contributed by atoms with E-state index in [0.717, 1.165) is 11.5 Å². The summed E-state index contributed by atoms with van der Waals surface area (Å²) in [6, 6.07) is 4.16. The minimum atomic E-state index is -1.44. The smallest absolute Gasteiger partial charge is 0.121 e. The first-order valence-electron chi connectivity index (χ1n) is 5.13. The summed E-state index contributed by atoms with van der Waals surface area (Å²) < 4.78 is 10.9. The van der Waals surface area contributed by atoms with Gasteiger partial charge < -0.3 is 9.47 Å². The first kappa shape index (κ1) is 12.1. The second-order valence-electron chi connectivity index (χ2n) is 4.79. The van der Waals surface area contributed by atoms with Gasteiger partial charge in [0.2, 0.25) is 0 Å². The van der Waals surface area contributed by atoms with Crippen LogP contribution in [-0.2, 0) is 0 Å². The minimum absolute atomic E-state index is 0.964. The summed E-state index contributed by atoms with van der Waals surface area (Å²) in [5, 5.41) is 1.26. The predicted molar refractivity (Wildman–Crippen MR) is 67.3 cm³/mol. The highest BCUT2D eigenvalue weighted by atomic mass is 28.3. The molecule has 1 rings (SSSR count). The summed E-state index contributed by atoms with van der Waals surface area (Å²) >= 11 is 0. The number of ether oxygens (including phenoxy) is 2. The van der Waals surface area contributed by atoms with Crippen molar-refractivity contribution in [2.24, 2.45) is 0 Å². The Labute approximate surface area is 93.2 Å². The van der Waals surface area contributed by atoms with Crippen LogP contribution in [0.1, 0.15) is 5.56 Å². The third-order valence-corrected chi connectivity index (χ3v) is 4.39. The van der Waals surface area contributed by atoms with Gasteiger partial charge in [-0.3, -0.25) is 0 Å². The van der Waals surface area contributed by atoms with E-state index in [2.05, 4.69) is 38.7 Å². The highest BCUT2D eigenvalue weighted by Gasteiger charge is 2.25. The number of methoxy groups -OCH3 is 2. The van der Waals surface area contributed by atoms with Crippen molar-refractivity contribution in [3.05, 3.63) is 17.7 Å². The van der Waals surface area contributed by atoms with Crippen LogP contribution in [0, 0.1) is 6.92 Å². The van der Waals surface area contributed by atoms with Crippen molar-refractivity contribution in [3.8, 4) is 11.5 Å². The standard InChI is InChI=1S/C12H20O2Si/c1-9-7-10(13-2)12(15(4,5)6)11(8-9)14-3/h7-8H,1-6H3. The molecular weight excluding hydrogens is 204 g/mol. The van der Waals surface area contributed by atoms with Crippen LogP contribution in [0.4, 0.5) is 0 Å². The van der Waals surface area contributed by atoms with Gasteiger partial charge in [0.25, 0.3) is 0 Å². The van der Waals surface area contributed by atoms with Crippen LogP contribution in [-0.4, -0.2) is 22.3 Å². The van der Waals surface area contributed by atoms with E-state index in [1.165, 1.54) is 10.8 Å². The second-order valence-corrected chi connectivity index (χ2v) is 9.79. The lowest BCUT2D eigenvalue weighted by Crippen LogP contribution is -2.39. The van der Waals surface area contributed by atoms with Crippen LogP contribution in [0.3, 0.4) is 0 Å². The molecule has 0 unspecified atom stereocenters. The van der Waals surface area contributed by atoms with Gasteiger partial charge in [0.05, 0.1) is 22.3 Å². The van der Waals surface area contributed by atoms with Gasteiger partial charge in [0.15, 0.2) is 0 Å². The zero-order valence-corrected chi connectivity index (χ0v) is 11.5. The maximum absolute atomic E-state index is 5.45. The molecule has 0 aliphatic carbocycles. The number of hydrogen-bond donors (Lipinski definition) is 0. The van der Waals surface area contributed by atoms with Gasteiger partial charge in [-0.1, -0.05) is 19.6 Å². The normalized spacial score (nSPS) is 11.3. The van der Waals surface area contributed by atoms with Crippen LogP contribution >= 0.6 is 0 Å². The SMILES string of the molecule is COc1cc(C)cc(OC)c1[Si](C)(C)C. The average molecular weight is 224 g/mol. The third-order valence-electron chi connectivity index (χ3n) is 2.40. The Morgan fingerprint density at radius 1 is 0.933 bits per heavy atom. The summed E-state index contributed by atoms with van der Waals surface area (Å²) in [6.07, 6.45) is 0. The summed E-state index contributed by atoms with van der Waals surface area (Å²) in [7, 11) is 2.00. The molecule has 84 valence electrons. The van der Waals surface area contributed by atoms with Gasteiger partial charge in [0, 0.05) is 5.19 Å². The van der Waals surface area contributed by atoms with Crippen molar-refractivity contribution < 1.29 is 9.47 Å². The quantitative estimate of drug-likeness (QED) is 0.735.